The van der Waals surface area contributed by atoms with E-state index < -0.39 is 11.8 Å². The Bertz CT molecular complexity index is 637. The maximum atomic E-state index is 11.8. The molecule has 0 aliphatic carbocycles. The van der Waals surface area contributed by atoms with Gasteiger partial charge in [-0.3, -0.25) is 14.9 Å². The van der Waals surface area contributed by atoms with Crippen molar-refractivity contribution in [2.45, 2.75) is 32.7 Å². The van der Waals surface area contributed by atoms with Crippen molar-refractivity contribution in [1.29, 1.82) is 0 Å². The molecule has 1 heterocycles. The molecule has 1 aromatic carbocycles. The van der Waals surface area contributed by atoms with Crippen LogP contribution in [0.2, 0.25) is 0 Å². The molecule has 0 bridgehead atoms. The van der Waals surface area contributed by atoms with E-state index >= 15 is 0 Å². The quantitative estimate of drug-likeness (QED) is 0.828. The lowest BCUT2D eigenvalue weighted by molar-refractivity contribution is -0.136. The lowest BCUT2D eigenvalue weighted by Crippen LogP contribution is -2.40. The van der Waals surface area contributed by atoms with E-state index in [0.717, 1.165) is 12.8 Å². The molecule has 0 aliphatic heterocycles. The summed E-state index contributed by atoms with van der Waals surface area (Å²) in [7, 11) is 0. The fourth-order valence-electron chi connectivity index (χ4n) is 1.99. The summed E-state index contributed by atoms with van der Waals surface area (Å²) in [4.78, 5) is 23.5. The predicted molar refractivity (Wildman–Crippen MR) is 82.2 cm³/mol. The molecule has 116 valence electrons. The fraction of sp³-hybridized carbons (Fsp3) is 0.312. The molecule has 1 aromatic heterocycles. The molecule has 6 heteroatoms. The standard InChI is InChI=1S/C16H19N3O3/c1-11(8-9-13-6-4-3-5-7-13)17-15(20)16(21)18-14-10-12(2)22-19-14/h3-7,10-11H,8-9H2,1-2H3,(H,17,20)(H,18,19,21)/t11-/m0/s1. The van der Waals surface area contributed by atoms with Crippen molar-refractivity contribution in [1.82, 2.24) is 10.5 Å². The van der Waals surface area contributed by atoms with Crippen LogP contribution in [0.3, 0.4) is 0 Å². The van der Waals surface area contributed by atoms with Crippen molar-refractivity contribution in [3.63, 3.8) is 0 Å². The van der Waals surface area contributed by atoms with Gasteiger partial charge >= 0.3 is 11.8 Å². The number of rotatable bonds is 5. The molecule has 0 spiro atoms. The van der Waals surface area contributed by atoms with Gasteiger partial charge in [-0.15, -0.1) is 0 Å². The van der Waals surface area contributed by atoms with Crippen LogP contribution in [0, 0.1) is 6.92 Å². The van der Waals surface area contributed by atoms with Crippen molar-refractivity contribution >= 4 is 17.6 Å². The third-order valence-electron chi connectivity index (χ3n) is 3.16. The smallest absolute Gasteiger partial charge is 0.314 e. The van der Waals surface area contributed by atoms with Gasteiger partial charge in [0, 0.05) is 12.1 Å². The van der Waals surface area contributed by atoms with Gasteiger partial charge < -0.3 is 9.84 Å². The van der Waals surface area contributed by atoms with E-state index in [-0.39, 0.29) is 11.9 Å². The van der Waals surface area contributed by atoms with Crippen molar-refractivity contribution in [2.75, 3.05) is 5.32 Å². The summed E-state index contributed by atoms with van der Waals surface area (Å²) in [6.07, 6.45) is 1.60. The van der Waals surface area contributed by atoms with Crippen LogP contribution in [0.5, 0.6) is 0 Å². The molecular weight excluding hydrogens is 282 g/mol. The second-order valence-corrected chi connectivity index (χ2v) is 5.18. The lowest BCUT2D eigenvalue weighted by Gasteiger charge is -2.13. The van der Waals surface area contributed by atoms with Crippen LogP contribution in [0.15, 0.2) is 40.9 Å². The number of hydrogen-bond donors (Lipinski definition) is 2. The van der Waals surface area contributed by atoms with Gasteiger partial charge in [0.05, 0.1) is 0 Å². The molecule has 0 aliphatic rings. The molecule has 22 heavy (non-hydrogen) atoms. The molecule has 0 unspecified atom stereocenters. The molecule has 6 nitrogen and oxygen atoms in total. The first kappa shape index (κ1) is 15.8. The van der Waals surface area contributed by atoms with Crippen molar-refractivity contribution in [3.05, 3.63) is 47.7 Å². The van der Waals surface area contributed by atoms with E-state index in [4.69, 9.17) is 4.52 Å². The number of amides is 2. The predicted octanol–water partition coefficient (Wildman–Crippen LogP) is 2.06. The summed E-state index contributed by atoms with van der Waals surface area (Å²) in [5, 5.41) is 8.66. The Hall–Kier alpha value is -2.63. The number of carbonyl (C=O) groups is 2. The number of aromatic nitrogens is 1. The van der Waals surface area contributed by atoms with E-state index in [1.54, 1.807) is 13.0 Å². The van der Waals surface area contributed by atoms with Gasteiger partial charge in [0.15, 0.2) is 5.82 Å². The highest BCUT2D eigenvalue weighted by molar-refractivity contribution is 6.39. The van der Waals surface area contributed by atoms with Gasteiger partial charge in [-0.2, -0.15) is 0 Å². The van der Waals surface area contributed by atoms with Gasteiger partial charge in [0.2, 0.25) is 0 Å². The van der Waals surface area contributed by atoms with Gasteiger partial charge in [-0.05, 0) is 32.3 Å². The second-order valence-electron chi connectivity index (χ2n) is 5.18. The Morgan fingerprint density at radius 1 is 1.23 bits per heavy atom. The van der Waals surface area contributed by atoms with Crippen LogP contribution in [-0.2, 0) is 16.0 Å². The monoisotopic (exact) mass is 301 g/mol. The first-order chi connectivity index (χ1) is 10.5. The second kappa shape index (κ2) is 7.40. The highest BCUT2D eigenvalue weighted by atomic mass is 16.5. The minimum absolute atomic E-state index is 0.0995. The largest absolute Gasteiger partial charge is 0.360 e. The molecule has 2 amide bonds. The highest BCUT2D eigenvalue weighted by Crippen LogP contribution is 2.07. The van der Waals surface area contributed by atoms with Crippen LogP contribution in [0.25, 0.3) is 0 Å². The maximum Gasteiger partial charge on any atom is 0.314 e. The summed E-state index contributed by atoms with van der Waals surface area (Å²) in [6.45, 7) is 3.57. The number of aryl methyl sites for hydroxylation is 2. The lowest BCUT2D eigenvalue weighted by atomic mass is 10.1. The average Bonchev–Trinajstić information content (AvgIpc) is 2.91. The van der Waals surface area contributed by atoms with Crippen LogP contribution < -0.4 is 10.6 Å². The number of nitrogens with one attached hydrogen (secondary N) is 2. The first-order valence-electron chi connectivity index (χ1n) is 7.13. The van der Waals surface area contributed by atoms with E-state index in [0.29, 0.717) is 5.76 Å². The minimum atomic E-state index is -0.750. The van der Waals surface area contributed by atoms with Crippen molar-refractivity contribution in [3.8, 4) is 0 Å². The molecular formula is C16H19N3O3. The number of anilines is 1. The summed E-state index contributed by atoms with van der Waals surface area (Å²) in [5.41, 5.74) is 1.20. The van der Waals surface area contributed by atoms with Gasteiger partial charge in [-0.25, -0.2) is 0 Å². The molecule has 0 saturated heterocycles. The molecule has 0 saturated carbocycles. The maximum absolute atomic E-state index is 11.8. The van der Waals surface area contributed by atoms with Crippen LogP contribution in [0.4, 0.5) is 5.82 Å². The Morgan fingerprint density at radius 2 is 1.95 bits per heavy atom. The molecule has 0 radical (unpaired) electrons. The van der Waals surface area contributed by atoms with E-state index in [1.165, 1.54) is 5.56 Å². The number of carbonyl (C=O) groups excluding carboxylic acids is 2. The van der Waals surface area contributed by atoms with E-state index in [9.17, 15) is 9.59 Å². The number of benzene rings is 1. The van der Waals surface area contributed by atoms with E-state index in [2.05, 4.69) is 15.8 Å². The molecule has 2 N–H and O–H groups in total. The van der Waals surface area contributed by atoms with Gasteiger partial charge in [0.25, 0.3) is 0 Å². The van der Waals surface area contributed by atoms with Crippen LogP contribution in [0.1, 0.15) is 24.7 Å². The Kier molecular flexibility index (Phi) is 5.30. The first-order valence-corrected chi connectivity index (χ1v) is 7.13. The van der Waals surface area contributed by atoms with Crippen LogP contribution in [-0.4, -0.2) is 23.0 Å². The topological polar surface area (TPSA) is 84.2 Å². The molecule has 0 fully saturated rings. The van der Waals surface area contributed by atoms with Gasteiger partial charge in [0.1, 0.15) is 5.76 Å². The third kappa shape index (κ3) is 4.73. The minimum Gasteiger partial charge on any atom is -0.360 e. The summed E-state index contributed by atoms with van der Waals surface area (Å²) >= 11 is 0. The fourth-order valence-corrected chi connectivity index (χ4v) is 1.99. The highest BCUT2D eigenvalue weighted by Gasteiger charge is 2.17. The number of nitrogens with zero attached hydrogens (tertiary/aromatic N) is 1. The SMILES string of the molecule is Cc1cc(NC(=O)C(=O)N[C@@H](C)CCc2ccccc2)no1. The molecule has 2 aromatic rings. The zero-order valence-corrected chi connectivity index (χ0v) is 12.6. The zero-order valence-electron chi connectivity index (χ0n) is 12.6. The average molecular weight is 301 g/mol. The Labute approximate surface area is 128 Å². The van der Waals surface area contributed by atoms with E-state index in [1.807, 2.05) is 37.3 Å². The van der Waals surface area contributed by atoms with Crippen molar-refractivity contribution in [2.24, 2.45) is 0 Å². The zero-order chi connectivity index (χ0) is 15.9. The third-order valence-corrected chi connectivity index (χ3v) is 3.16. The van der Waals surface area contributed by atoms with Crippen LogP contribution >= 0.6 is 0 Å². The molecule has 2 rings (SSSR count). The van der Waals surface area contributed by atoms with Gasteiger partial charge in [-0.1, -0.05) is 35.5 Å². The normalized spacial score (nSPS) is 11.7. The summed E-state index contributed by atoms with van der Waals surface area (Å²) < 4.78 is 4.82. The summed E-state index contributed by atoms with van der Waals surface area (Å²) in [5.74, 6) is -0.636. The van der Waals surface area contributed by atoms with Crippen molar-refractivity contribution < 1.29 is 14.1 Å². The summed E-state index contributed by atoms with van der Waals surface area (Å²) in [6, 6.07) is 11.4. The number of hydrogen-bond acceptors (Lipinski definition) is 4. The molecule has 1 atom stereocenters. The Morgan fingerprint density at radius 3 is 2.59 bits per heavy atom. The Balaban J connectivity index is 1.76.